The van der Waals surface area contributed by atoms with E-state index in [1.165, 1.54) is 7.05 Å². The third kappa shape index (κ3) is 3.88. The summed E-state index contributed by atoms with van der Waals surface area (Å²) >= 11 is 0. The predicted molar refractivity (Wildman–Crippen MR) is 91.8 cm³/mol. The van der Waals surface area contributed by atoms with Crippen LogP contribution in [0.15, 0.2) is 40.1 Å². The van der Waals surface area contributed by atoms with Gasteiger partial charge in [0.25, 0.3) is 11.8 Å². The number of likely N-dealkylation sites (N-methyl/N-ethyl adjacent to an activating group) is 1. The molecule has 1 unspecified atom stereocenters. The van der Waals surface area contributed by atoms with E-state index < -0.39 is 15.9 Å². The second-order valence-electron chi connectivity index (χ2n) is 5.86. The molecular formula is C16H21N3O4S. The third-order valence-electron chi connectivity index (χ3n) is 4.10. The average molecular weight is 351 g/mol. The Morgan fingerprint density at radius 2 is 2.08 bits per heavy atom. The molecule has 1 aliphatic carbocycles. The molecule has 0 bridgehead atoms. The normalized spacial score (nSPS) is 22.5. The zero-order valence-corrected chi connectivity index (χ0v) is 15.0. The van der Waals surface area contributed by atoms with Gasteiger partial charge in [0.05, 0.1) is 18.5 Å². The van der Waals surface area contributed by atoms with Crippen LogP contribution in [0.5, 0.6) is 0 Å². The van der Waals surface area contributed by atoms with Gasteiger partial charge in [0.2, 0.25) is 10.0 Å². The van der Waals surface area contributed by atoms with E-state index in [1.807, 2.05) is 19.9 Å². The van der Waals surface area contributed by atoms with Crippen LogP contribution in [0.4, 0.5) is 0 Å². The molecule has 0 saturated heterocycles. The Morgan fingerprint density at radius 3 is 2.67 bits per heavy atom. The molecule has 2 aliphatic rings. The smallest absolute Gasteiger partial charge is 0.261 e. The number of aliphatic imine (C=N–C) groups is 1. The number of hydrogen-bond acceptors (Lipinski definition) is 4. The molecule has 24 heavy (non-hydrogen) atoms. The average Bonchev–Trinajstić information content (AvgIpc) is 2.46. The first-order valence-electron chi connectivity index (χ1n) is 7.57. The van der Waals surface area contributed by atoms with Crippen LogP contribution in [0, 0.1) is 5.92 Å². The van der Waals surface area contributed by atoms with Gasteiger partial charge in [0.1, 0.15) is 0 Å². The highest BCUT2D eigenvalue weighted by atomic mass is 32.2. The minimum Gasteiger partial charge on any atom is -0.325 e. The molecule has 0 aromatic heterocycles. The Hall–Kier alpha value is -2.06. The fourth-order valence-electron chi connectivity index (χ4n) is 2.66. The molecule has 8 heteroatoms. The van der Waals surface area contributed by atoms with E-state index in [9.17, 15) is 18.0 Å². The van der Waals surface area contributed by atoms with Crippen molar-refractivity contribution in [3.63, 3.8) is 0 Å². The maximum atomic E-state index is 12.1. The van der Waals surface area contributed by atoms with Gasteiger partial charge in [-0.2, -0.15) is 4.31 Å². The summed E-state index contributed by atoms with van der Waals surface area (Å²) in [7, 11) is -2.11. The van der Waals surface area contributed by atoms with E-state index in [4.69, 9.17) is 0 Å². The largest absolute Gasteiger partial charge is 0.325 e. The summed E-state index contributed by atoms with van der Waals surface area (Å²) in [4.78, 5) is 27.9. The molecule has 2 amide bonds. The van der Waals surface area contributed by atoms with Crippen LogP contribution in [0.2, 0.25) is 0 Å². The van der Waals surface area contributed by atoms with Crippen LogP contribution in [-0.2, 0) is 19.6 Å². The number of amides is 2. The summed E-state index contributed by atoms with van der Waals surface area (Å²) in [6, 6.07) is 0. The second-order valence-corrected chi connectivity index (χ2v) is 7.94. The zero-order chi connectivity index (χ0) is 18.1. The highest BCUT2D eigenvalue weighted by Gasteiger charge is 2.28. The van der Waals surface area contributed by atoms with E-state index in [0.29, 0.717) is 17.8 Å². The Labute approximate surface area is 141 Å². The summed E-state index contributed by atoms with van der Waals surface area (Å²) in [6.45, 7) is 3.53. The van der Waals surface area contributed by atoms with E-state index in [-0.39, 0.29) is 18.4 Å². The number of nitrogens with zero attached hydrogens (tertiary/aromatic N) is 2. The maximum Gasteiger partial charge on any atom is 0.261 e. The highest BCUT2D eigenvalue weighted by Crippen LogP contribution is 2.31. The predicted octanol–water partition coefficient (Wildman–Crippen LogP) is 0.772. The number of nitrogens with one attached hydrogen (secondary N) is 1. The monoisotopic (exact) mass is 351 g/mol. The fraction of sp³-hybridized carbons (Fsp3) is 0.438. The topological polar surface area (TPSA) is 95.9 Å². The zero-order valence-electron chi connectivity index (χ0n) is 14.2. The van der Waals surface area contributed by atoms with Gasteiger partial charge in [-0.05, 0) is 25.5 Å². The lowest BCUT2D eigenvalue weighted by Gasteiger charge is -2.29. The molecule has 0 aromatic carbocycles. The van der Waals surface area contributed by atoms with E-state index >= 15 is 0 Å². The van der Waals surface area contributed by atoms with Crippen molar-refractivity contribution in [2.24, 2.45) is 10.9 Å². The van der Waals surface area contributed by atoms with Crippen LogP contribution in [0.1, 0.15) is 20.3 Å². The molecule has 0 aromatic rings. The molecule has 7 nitrogen and oxygen atoms in total. The van der Waals surface area contributed by atoms with Crippen molar-refractivity contribution >= 4 is 27.5 Å². The van der Waals surface area contributed by atoms with Gasteiger partial charge in [0, 0.05) is 24.2 Å². The van der Waals surface area contributed by atoms with Crippen molar-refractivity contribution < 1.29 is 18.0 Å². The molecule has 1 N–H and O–H groups in total. The molecule has 0 fully saturated rings. The van der Waals surface area contributed by atoms with E-state index in [0.717, 1.165) is 21.7 Å². The summed E-state index contributed by atoms with van der Waals surface area (Å²) in [6.07, 6.45) is 6.93. The number of allylic oxidation sites excluding steroid dienone is 3. The number of carbonyl (C=O) groups is 2. The van der Waals surface area contributed by atoms with Crippen LogP contribution in [0.3, 0.4) is 0 Å². The van der Waals surface area contributed by atoms with Crippen LogP contribution in [0.25, 0.3) is 0 Å². The lowest BCUT2D eigenvalue weighted by atomic mass is 9.84. The Bertz CT molecular complexity index is 803. The molecular weight excluding hydrogens is 330 g/mol. The number of rotatable bonds is 4. The van der Waals surface area contributed by atoms with Crippen LogP contribution >= 0.6 is 0 Å². The van der Waals surface area contributed by atoms with Crippen molar-refractivity contribution in [3.8, 4) is 0 Å². The van der Waals surface area contributed by atoms with Gasteiger partial charge in [-0.25, -0.2) is 13.4 Å². The molecule has 1 heterocycles. The Morgan fingerprint density at radius 1 is 1.42 bits per heavy atom. The minimum atomic E-state index is -3.43. The van der Waals surface area contributed by atoms with Gasteiger partial charge in [-0.1, -0.05) is 18.6 Å². The summed E-state index contributed by atoms with van der Waals surface area (Å²) in [5, 5.41) is 2.83. The Kier molecular flexibility index (Phi) is 5.19. The van der Waals surface area contributed by atoms with E-state index in [1.54, 1.807) is 12.2 Å². The van der Waals surface area contributed by atoms with E-state index in [2.05, 4.69) is 10.3 Å². The maximum absolute atomic E-state index is 12.1. The number of sulfonamides is 1. The number of hydrogen-bond donors (Lipinski definition) is 1. The first-order chi connectivity index (χ1) is 11.1. The molecule has 2 rings (SSSR count). The lowest BCUT2D eigenvalue weighted by Crippen LogP contribution is -2.36. The van der Waals surface area contributed by atoms with Gasteiger partial charge < -0.3 is 5.32 Å². The third-order valence-corrected chi connectivity index (χ3v) is 5.37. The standard InChI is InChI=1S/C16H21N3O4S/c1-5-12-10(2)13-7-6-11(8-14(13)18-16(12)21)17-15(20)9-19(3)24(4,22)23/h6-8,13H,5,9H2,1-4H3,(H,18,21). The molecule has 0 radical (unpaired) electrons. The quantitative estimate of drug-likeness (QED) is 0.809. The van der Waals surface area contributed by atoms with Crippen molar-refractivity contribution in [1.82, 2.24) is 9.62 Å². The summed E-state index contributed by atoms with van der Waals surface area (Å²) in [5.41, 5.74) is 2.83. The van der Waals surface area contributed by atoms with Crippen molar-refractivity contribution in [2.45, 2.75) is 20.3 Å². The van der Waals surface area contributed by atoms with Crippen LogP contribution < -0.4 is 5.32 Å². The van der Waals surface area contributed by atoms with Gasteiger partial charge in [0.15, 0.2) is 0 Å². The minimum absolute atomic E-state index is 0.0228. The number of fused-ring (bicyclic) bond motifs is 1. The van der Waals surface area contributed by atoms with Crippen LogP contribution in [-0.4, -0.2) is 50.1 Å². The van der Waals surface area contributed by atoms with Crippen molar-refractivity contribution in [2.75, 3.05) is 19.8 Å². The molecule has 0 saturated carbocycles. The molecule has 130 valence electrons. The number of carbonyl (C=O) groups excluding carboxylic acids is 2. The SMILES string of the molecule is CCC1=C(C)C2C=CC(=NC(=O)CN(C)S(C)(=O)=O)C=C2NC1=O. The van der Waals surface area contributed by atoms with Crippen molar-refractivity contribution in [3.05, 3.63) is 35.1 Å². The Balaban J connectivity index is 2.20. The lowest BCUT2D eigenvalue weighted by molar-refractivity contribution is -0.118. The summed E-state index contributed by atoms with van der Waals surface area (Å²) in [5.74, 6) is -0.720. The molecule has 1 aliphatic heterocycles. The van der Waals surface area contributed by atoms with Crippen molar-refractivity contribution in [1.29, 1.82) is 0 Å². The first-order valence-corrected chi connectivity index (χ1v) is 9.42. The summed E-state index contributed by atoms with van der Waals surface area (Å²) < 4.78 is 23.6. The van der Waals surface area contributed by atoms with Gasteiger partial charge in [-0.3, -0.25) is 9.59 Å². The fourth-order valence-corrected chi connectivity index (χ4v) is 3.00. The second kappa shape index (κ2) is 6.82. The first kappa shape index (κ1) is 18.3. The highest BCUT2D eigenvalue weighted by molar-refractivity contribution is 7.88. The molecule has 0 spiro atoms. The van der Waals surface area contributed by atoms with Gasteiger partial charge in [-0.15, -0.1) is 0 Å². The van der Waals surface area contributed by atoms with Gasteiger partial charge >= 0.3 is 0 Å². The molecule has 1 atom stereocenters.